The molecule has 0 radical (unpaired) electrons. The summed E-state index contributed by atoms with van der Waals surface area (Å²) in [6.07, 6.45) is 0. The van der Waals surface area contributed by atoms with Crippen LogP contribution in [0.3, 0.4) is 0 Å². The van der Waals surface area contributed by atoms with Gasteiger partial charge in [0.05, 0.1) is 44.1 Å². The molecule has 0 aliphatic carbocycles. The molecule has 16 heteroatoms. The number of nitrogens with zero attached hydrogens (tertiary/aromatic N) is 4. The van der Waals surface area contributed by atoms with Crippen LogP contribution in [0.25, 0.3) is 110 Å². The second-order valence-corrected chi connectivity index (χ2v) is 32.8. The standard InChI is InChI=1S/4C25H14BNO2/c1-13-9-11-17-21-25(13)29-19-8-4-7-18-22(19)26(21)23-20(28-18)12-10-15-14-5-2-3-6-16(14)27(17)24(15)23;1-13-9-11-20-23-25(13)29-18-8-4-7-17-21(18)26(23)22-19(28-20)12-10-15-14-5-2-3-6-16(14)27(17)24(15)22;1-13-11-17-22-21(12-13)29-19-8-4-7-18-23(19)26(22)24-20(28-18)10-9-15-14-5-2-3-6-16(14)27(17)25(15)24;1-13-11-20-23-21(12-13)29-19-10-9-15-14-5-2-3-6-16(14)27-17-7-4-8-18(28-20)22(17)26(23)24(19)25(15)27/h4*2-12H,1H3. The third-order valence-corrected chi connectivity index (χ3v) is 26.9. The Morgan fingerprint density at radius 2 is 0.466 bits per heavy atom. The number of aromatic nitrogens is 4. The minimum atomic E-state index is 0.143. The SMILES string of the molecule is Cc1cc2c3c(c1)-n1c4ccccc4c4ccc5c(c41)B3c1c(cccc1O5)O2.Cc1cc2c3c(c1)Oc1ccc4c5ccccc5n5c4c1B3c1c(cccc1-5)O2.Cc1ccc2c3c1Oc1cccc4c1B3c1c(ccc3c5ccccc5n-2c13)O4.Cc1ccc2c3c1Oc1cccc4c1B3c1c(ccc3c5ccccc5n-4c13)O2. The van der Waals surface area contributed by atoms with E-state index in [1.165, 1.54) is 170 Å². The molecule has 4 aromatic heterocycles. The molecule has 12 nitrogen and oxygen atoms in total. The maximum absolute atomic E-state index is 6.47. The molecule has 0 bridgehead atoms. The second-order valence-electron chi connectivity index (χ2n) is 32.8. The van der Waals surface area contributed by atoms with E-state index in [-0.39, 0.29) is 26.9 Å². The van der Waals surface area contributed by atoms with E-state index in [4.69, 9.17) is 37.9 Å². The summed E-state index contributed by atoms with van der Waals surface area (Å²) in [5, 5.41) is 10.2. The number of fused-ring (bicyclic) bond motifs is 16. The zero-order valence-corrected chi connectivity index (χ0v) is 62.8. The lowest BCUT2D eigenvalue weighted by atomic mass is 9.33. The Bertz CT molecular complexity index is 8200. The second kappa shape index (κ2) is 21.0. The Morgan fingerprint density at radius 1 is 0.190 bits per heavy atom. The largest absolute Gasteiger partial charge is 0.458 e. The van der Waals surface area contributed by atoms with Crippen LogP contribution < -0.4 is 103 Å². The predicted octanol–water partition coefficient (Wildman–Crippen LogP) is 16.5. The third-order valence-electron chi connectivity index (χ3n) is 26.9. The highest BCUT2D eigenvalue weighted by Gasteiger charge is 2.52. The molecule has 116 heavy (non-hydrogen) atoms. The Labute approximate surface area is 663 Å². The summed E-state index contributed by atoms with van der Waals surface area (Å²) >= 11 is 0. The number of rotatable bonds is 0. The van der Waals surface area contributed by atoms with Gasteiger partial charge in [-0.2, -0.15) is 0 Å². The average molecular weight is 1480 g/mol. The number of aryl methyl sites for hydroxylation is 4. The fraction of sp³-hybridized carbons (Fsp3) is 0.0400. The lowest BCUT2D eigenvalue weighted by Gasteiger charge is -2.37. The van der Waals surface area contributed by atoms with E-state index >= 15 is 0 Å². The van der Waals surface area contributed by atoms with E-state index in [1.54, 1.807) is 0 Å². The molecule has 0 saturated carbocycles. The highest BCUT2D eigenvalue weighted by Crippen LogP contribution is 2.50. The van der Waals surface area contributed by atoms with E-state index in [0.717, 1.165) is 120 Å². The predicted molar refractivity (Wildman–Crippen MR) is 467 cm³/mol. The Kier molecular flexibility index (Phi) is 11.0. The monoisotopic (exact) mass is 1480 g/mol. The number of para-hydroxylation sites is 4. The first-order valence-corrected chi connectivity index (χ1v) is 40.0. The van der Waals surface area contributed by atoms with Crippen molar-refractivity contribution in [1.29, 1.82) is 0 Å². The summed E-state index contributed by atoms with van der Waals surface area (Å²) < 4.78 is 61.1. The van der Waals surface area contributed by atoms with Gasteiger partial charge in [0.15, 0.2) is 0 Å². The van der Waals surface area contributed by atoms with Crippen molar-refractivity contribution in [2.75, 3.05) is 0 Å². The van der Waals surface area contributed by atoms with Crippen molar-refractivity contribution in [3.05, 3.63) is 289 Å². The van der Waals surface area contributed by atoms with Crippen LogP contribution in [0.4, 0.5) is 0 Å². The normalized spacial score (nSPS) is 14.2. The fourth-order valence-corrected chi connectivity index (χ4v) is 22.6. The molecule has 536 valence electrons. The van der Waals surface area contributed by atoms with Crippen LogP contribution in [0, 0.1) is 27.7 Å². The van der Waals surface area contributed by atoms with E-state index in [0.29, 0.717) is 0 Å². The summed E-state index contributed by atoms with van der Waals surface area (Å²) in [5.41, 5.74) is 34.2. The molecular weight excluding hydrogens is 1430 g/mol. The summed E-state index contributed by atoms with van der Waals surface area (Å²) in [5.74, 6) is 15.0. The minimum absolute atomic E-state index is 0.143. The van der Waals surface area contributed by atoms with Gasteiger partial charge in [-0.05, 0) is 251 Å². The molecule has 32 rings (SSSR count). The molecule has 0 fully saturated rings. The van der Waals surface area contributed by atoms with Gasteiger partial charge in [-0.1, -0.05) is 109 Å². The van der Waals surface area contributed by atoms with Gasteiger partial charge in [0, 0.05) is 87.7 Å². The van der Waals surface area contributed by atoms with Gasteiger partial charge in [0.2, 0.25) is 0 Å². The molecule has 16 heterocycles. The van der Waals surface area contributed by atoms with Crippen molar-refractivity contribution in [1.82, 2.24) is 18.3 Å². The molecule has 0 spiro atoms. The average Bonchev–Trinajstić information content (AvgIpc) is 1.43. The van der Waals surface area contributed by atoms with E-state index in [2.05, 4.69) is 301 Å². The minimum Gasteiger partial charge on any atom is -0.458 e. The van der Waals surface area contributed by atoms with E-state index in [9.17, 15) is 0 Å². The first-order valence-electron chi connectivity index (χ1n) is 40.0. The number of benzene rings is 16. The maximum Gasteiger partial charge on any atom is 0.266 e. The van der Waals surface area contributed by atoms with Crippen molar-refractivity contribution < 1.29 is 37.9 Å². The first-order chi connectivity index (χ1) is 57.2. The van der Waals surface area contributed by atoms with Gasteiger partial charge in [-0.25, -0.2) is 0 Å². The lowest BCUT2D eigenvalue weighted by molar-refractivity contribution is 0.461. The van der Waals surface area contributed by atoms with Gasteiger partial charge in [-0.3, -0.25) is 0 Å². The summed E-state index contributed by atoms with van der Waals surface area (Å²) in [6.45, 7) is 9.05. The van der Waals surface area contributed by atoms with Crippen LogP contribution in [0.1, 0.15) is 22.3 Å². The fourth-order valence-electron chi connectivity index (χ4n) is 22.6. The highest BCUT2D eigenvalue weighted by molar-refractivity contribution is 7.03. The van der Waals surface area contributed by atoms with Crippen LogP contribution in [0.5, 0.6) is 92.0 Å². The van der Waals surface area contributed by atoms with Gasteiger partial charge in [0.25, 0.3) is 26.9 Å². The number of hydrogen-bond donors (Lipinski definition) is 0. The van der Waals surface area contributed by atoms with Crippen molar-refractivity contribution in [2.24, 2.45) is 0 Å². The van der Waals surface area contributed by atoms with Crippen LogP contribution >= 0.6 is 0 Å². The third kappa shape index (κ3) is 7.28. The van der Waals surface area contributed by atoms with Crippen molar-refractivity contribution in [2.45, 2.75) is 27.7 Å². The van der Waals surface area contributed by atoms with Crippen molar-refractivity contribution in [3.63, 3.8) is 0 Å². The Morgan fingerprint density at radius 3 is 0.905 bits per heavy atom. The number of hydrogen-bond acceptors (Lipinski definition) is 8. The zero-order chi connectivity index (χ0) is 75.4. The van der Waals surface area contributed by atoms with E-state index in [1.807, 2.05) is 12.1 Å². The van der Waals surface area contributed by atoms with Crippen LogP contribution in [0.15, 0.2) is 267 Å². The number of ether oxygens (including phenoxy) is 8. The lowest BCUT2D eigenvalue weighted by Crippen LogP contribution is -2.60. The summed E-state index contributed by atoms with van der Waals surface area (Å²) in [6, 6.07) is 94.5. The topological polar surface area (TPSA) is 93.6 Å². The van der Waals surface area contributed by atoms with Gasteiger partial charge >= 0.3 is 0 Å². The molecule has 0 atom stereocenters. The van der Waals surface area contributed by atoms with Crippen LogP contribution in [-0.4, -0.2) is 45.1 Å². The molecule has 0 N–H and O–H groups in total. The van der Waals surface area contributed by atoms with Gasteiger partial charge in [0.1, 0.15) is 92.0 Å². The molecule has 20 aromatic rings. The summed E-state index contributed by atoms with van der Waals surface area (Å²) in [7, 11) is 0. The maximum atomic E-state index is 6.47. The highest BCUT2D eigenvalue weighted by atomic mass is 16.5. The molecule has 0 saturated heterocycles. The zero-order valence-electron chi connectivity index (χ0n) is 62.8. The Hall–Kier alpha value is -14.6. The first kappa shape index (κ1) is 61.0. The summed E-state index contributed by atoms with van der Waals surface area (Å²) in [4.78, 5) is 0. The smallest absolute Gasteiger partial charge is 0.266 e. The van der Waals surface area contributed by atoms with Crippen LogP contribution in [0.2, 0.25) is 0 Å². The molecule has 12 aliphatic rings. The molecule has 0 unspecified atom stereocenters. The van der Waals surface area contributed by atoms with Gasteiger partial charge < -0.3 is 56.2 Å². The van der Waals surface area contributed by atoms with Crippen LogP contribution in [-0.2, 0) is 0 Å². The van der Waals surface area contributed by atoms with E-state index < -0.39 is 0 Å². The molecule has 0 amide bonds. The quantitative estimate of drug-likeness (QED) is 0.139. The van der Waals surface area contributed by atoms with Gasteiger partial charge in [-0.15, -0.1) is 0 Å². The molecule has 16 aromatic carbocycles. The van der Waals surface area contributed by atoms with Crippen molar-refractivity contribution in [3.8, 4) is 115 Å². The molecule has 12 aliphatic heterocycles. The Balaban J connectivity index is 0.0000000794. The van der Waals surface area contributed by atoms with Crippen molar-refractivity contribution >= 4 is 180 Å². The molecular formula is C100H56B4N4O8.